The van der Waals surface area contributed by atoms with Crippen LogP contribution in [-0.4, -0.2) is 107 Å². The number of aliphatic hydroxyl groups excluding tert-OH is 3. The van der Waals surface area contributed by atoms with Gasteiger partial charge in [0.2, 0.25) is 0 Å². The normalized spacial score (nSPS) is 29.1. The molecule has 3 aromatic heterocycles. The Balaban J connectivity index is 0.959. The Morgan fingerprint density at radius 2 is 1.74 bits per heavy atom. The minimum atomic E-state index is -0.802. The number of ether oxygens (including phenoxy) is 3. The van der Waals surface area contributed by atoms with E-state index in [1.165, 1.54) is 6.07 Å². The molecule has 12 unspecified atom stereocenters. The van der Waals surface area contributed by atoms with Crippen molar-refractivity contribution in [2.24, 2.45) is 29.1 Å². The van der Waals surface area contributed by atoms with Gasteiger partial charge in [-0.3, -0.25) is 9.59 Å². The van der Waals surface area contributed by atoms with Crippen molar-refractivity contribution in [2.75, 3.05) is 20.3 Å². The molecule has 84 heavy (non-hydrogen) atoms. The molecular formula is C69H76N4O11. The number of aliphatic hydroxyl groups is 3. The average Bonchev–Trinajstić information content (AvgIpc) is 1.94. The van der Waals surface area contributed by atoms with Gasteiger partial charge in [0.25, 0.3) is 0 Å². The van der Waals surface area contributed by atoms with Crippen LogP contribution in [0.2, 0.25) is 0 Å². The molecule has 7 aromatic rings. The van der Waals surface area contributed by atoms with E-state index in [1.807, 2.05) is 49.5 Å². The van der Waals surface area contributed by atoms with Gasteiger partial charge in [-0.25, -0.2) is 0 Å². The number of esters is 1. The Morgan fingerprint density at radius 3 is 2.57 bits per heavy atom. The molecule has 12 atom stereocenters. The van der Waals surface area contributed by atoms with Gasteiger partial charge >= 0.3 is 5.97 Å². The Kier molecular flexibility index (Phi) is 14.9. The predicted molar refractivity (Wildman–Crippen MR) is 320 cm³/mol. The van der Waals surface area contributed by atoms with Gasteiger partial charge in [-0.1, -0.05) is 54.3 Å². The van der Waals surface area contributed by atoms with Crippen molar-refractivity contribution in [1.29, 1.82) is 0 Å². The molecule has 15 heteroatoms. The number of phenolic OH excluding ortho intramolecular Hbond substituents is 3. The fourth-order valence-corrected chi connectivity index (χ4v) is 17.0. The highest BCUT2D eigenvalue weighted by molar-refractivity contribution is 5.94. The van der Waals surface area contributed by atoms with Crippen molar-refractivity contribution in [1.82, 2.24) is 19.9 Å². The number of carbonyl (C=O) groups excluding carboxylic acids is 2. The van der Waals surface area contributed by atoms with Crippen LogP contribution in [0.15, 0.2) is 103 Å². The number of rotatable bonds is 10. The number of hydrogen-bond donors (Lipinski definition) is 9. The molecule has 0 amide bonds. The van der Waals surface area contributed by atoms with E-state index in [0.717, 1.165) is 112 Å². The molecule has 4 aliphatic carbocycles. The molecule has 13 rings (SSSR count). The topological polar surface area (TPSA) is 232 Å². The van der Waals surface area contributed by atoms with Crippen LogP contribution in [0.4, 0.5) is 0 Å². The summed E-state index contributed by atoms with van der Waals surface area (Å²) in [7, 11) is 1.55. The van der Waals surface area contributed by atoms with Crippen molar-refractivity contribution in [3.05, 3.63) is 131 Å². The van der Waals surface area contributed by atoms with Gasteiger partial charge in [0.05, 0.1) is 54.4 Å². The number of benzene rings is 4. The molecule has 1 saturated heterocycles. The number of hydrogen-bond acceptors (Lipinski definition) is 12. The quantitative estimate of drug-likeness (QED) is 0.0460. The molecular weight excluding hydrogens is 1060 g/mol. The number of nitrogens with zero attached hydrogens (tertiary/aromatic N) is 1. The molecule has 5 heterocycles. The predicted octanol–water partition coefficient (Wildman–Crippen LogP) is 10.7. The number of aromatic nitrogens is 3. The smallest absolute Gasteiger partial charge is 0.318 e. The zero-order valence-electron chi connectivity index (χ0n) is 47.8. The number of phenols is 3. The zero-order chi connectivity index (χ0) is 58.0. The summed E-state index contributed by atoms with van der Waals surface area (Å²) >= 11 is 0. The molecule has 4 fully saturated rings. The number of fused-ring (bicyclic) bond motifs is 10. The van der Waals surface area contributed by atoms with E-state index < -0.39 is 29.8 Å². The second-order valence-electron chi connectivity index (χ2n) is 25.2. The number of H-pyrrole nitrogens is 2. The van der Waals surface area contributed by atoms with Crippen molar-refractivity contribution in [3.8, 4) is 51.8 Å². The molecule has 15 nitrogen and oxygen atoms in total. The third kappa shape index (κ3) is 10.1. The number of ketones is 1. The number of allylic oxidation sites excluding steroid dienone is 1. The second-order valence-corrected chi connectivity index (χ2v) is 25.2. The molecule has 9 N–H and O–H groups in total. The zero-order valence-corrected chi connectivity index (χ0v) is 47.8. The van der Waals surface area contributed by atoms with E-state index in [9.17, 15) is 35.4 Å². The first kappa shape index (κ1) is 55.7. The van der Waals surface area contributed by atoms with E-state index in [4.69, 9.17) is 14.2 Å². The number of nitrogens with one attached hydrogen (secondary N) is 3. The van der Waals surface area contributed by atoms with Crippen molar-refractivity contribution < 1.29 is 54.4 Å². The minimum Gasteiger partial charge on any atom is -0.508 e. The number of para-hydroxylation sites is 1. The first-order chi connectivity index (χ1) is 40.7. The Labute approximate surface area is 489 Å². The Hall–Kier alpha value is -7.48. The molecule has 6 aliphatic rings. The Morgan fingerprint density at radius 1 is 0.881 bits per heavy atom. The highest BCUT2D eigenvalue weighted by atomic mass is 16.5. The van der Waals surface area contributed by atoms with Crippen LogP contribution in [0.3, 0.4) is 0 Å². The van der Waals surface area contributed by atoms with Gasteiger partial charge in [-0.05, 0) is 189 Å². The standard InChI is InChI=1S/C69H76N4O11/c1-39(75)55-19-21-64(73-58-22-25-70-57(58)36-59(73)41-8-7-9-43(76)29-41)69(72-55)24-23-68(38-69)37-42-30-53-50-34-61(80)62(82-2)35-51(50)52(66(42)49-18-16-44(77)33-54(49)68)32-45(78)31-46(17-14-40-15-20-60(79)63(28-40)83-27-26-74)84-65(81)13-6-4-11-48-47-10-3-5-12-56(47)71-67(48)53/h3,5,7-10,12,15,20,22,25,28-30,34-36,39,42,44,46,49,52,54-55,64,66,70-72,74-77,79-80H,11,13-14,16-19,21,23-24,26-27,31-33,37-38H2,1-2H3. The van der Waals surface area contributed by atoms with E-state index in [0.29, 0.717) is 37.9 Å². The van der Waals surface area contributed by atoms with Gasteiger partial charge in [0.15, 0.2) is 23.0 Å². The highest BCUT2D eigenvalue weighted by Crippen LogP contribution is 2.69. The maximum absolute atomic E-state index is 15.5. The Bertz CT molecular complexity index is 3750. The SMILES string of the molecule is COc1cc2c(cc1O)C1=CC3CC4(CCC5(C4)NC(C(C)O)CCC5n4c(-c5cccc(O)c5)cc5[nH]ccc54)C4CC(O)CCC4C3C2CC(=O)CC(CCc2ccc(O)c(OCCO)c2)OC(=O)CC#CCc2c1[nH]c1ccccc21. The van der Waals surface area contributed by atoms with Gasteiger partial charge in [-0.2, -0.15) is 0 Å². The van der Waals surface area contributed by atoms with Crippen LogP contribution in [-0.2, 0) is 27.2 Å². The fourth-order valence-electron chi connectivity index (χ4n) is 17.0. The summed E-state index contributed by atoms with van der Waals surface area (Å²) in [4.78, 5) is 36.6. The van der Waals surface area contributed by atoms with Crippen LogP contribution >= 0.6 is 0 Å². The van der Waals surface area contributed by atoms with E-state index in [1.54, 1.807) is 25.3 Å². The molecule has 2 aliphatic heterocycles. The number of aromatic amines is 2. The molecule has 0 radical (unpaired) electrons. The first-order valence-corrected chi connectivity index (χ1v) is 30.3. The van der Waals surface area contributed by atoms with Crippen LogP contribution < -0.4 is 14.8 Å². The lowest BCUT2D eigenvalue weighted by molar-refractivity contribution is -0.149. The van der Waals surface area contributed by atoms with E-state index >= 15 is 4.79 Å². The van der Waals surface area contributed by atoms with Crippen LogP contribution in [0.5, 0.6) is 28.7 Å². The molecule has 2 bridgehead atoms. The third-order valence-corrected chi connectivity index (χ3v) is 20.4. The summed E-state index contributed by atoms with van der Waals surface area (Å²) in [5, 5.41) is 71.6. The van der Waals surface area contributed by atoms with Crippen LogP contribution in [0.25, 0.3) is 38.8 Å². The monoisotopic (exact) mass is 1140 g/mol. The third-order valence-electron chi connectivity index (χ3n) is 20.4. The largest absolute Gasteiger partial charge is 0.508 e. The summed E-state index contributed by atoms with van der Waals surface area (Å²) in [6.07, 6.45) is 10.3. The molecule has 438 valence electrons. The van der Waals surface area contributed by atoms with Crippen LogP contribution in [0, 0.1) is 40.9 Å². The lowest BCUT2D eigenvalue weighted by Crippen LogP contribution is -2.61. The lowest BCUT2D eigenvalue weighted by Gasteiger charge is -2.58. The number of piperidine rings is 1. The average molecular weight is 1140 g/mol. The van der Waals surface area contributed by atoms with Gasteiger partial charge in [0, 0.05) is 59.1 Å². The summed E-state index contributed by atoms with van der Waals surface area (Å²) in [6.45, 7) is 1.67. The summed E-state index contributed by atoms with van der Waals surface area (Å²) in [6, 6.07) is 28.6. The van der Waals surface area contributed by atoms with Gasteiger partial charge in [0.1, 0.15) is 30.7 Å². The van der Waals surface area contributed by atoms with Crippen molar-refractivity contribution in [3.63, 3.8) is 0 Å². The van der Waals surface area contributed by atoms with E-state index in [-0.39, 0.29) is 108 Å². The maximum atomic E-state index is 15.5. The van der Waals surface area contributed by atoms with E-state index in [2.05, 4.69) is 68.1 Å². The number of cyclic esters (lactones) is 1. The summed E-state index contributed by atoms with van der Waals surface area (Å²) < 4.78 is 20.3. The summed E-state index contributed by atoms with van der Waals surface area (Å²) in [5.74, 6) is 6.04. The number of methoxy groups -OCH3 is 1. The highest BCUT2D eigenvalue weighted by Gasteiger charge is 2.64. The summed E-state index contributed by atoms with van der Waals surface area (Å²) in [5.41, 5.74) is 9.39. The molecule has 2 spiro atoms. The minimum absolute atomic E-state index is 0.00424. The fraction of sp³-hybridized carbons (Fsp3) is 0.449. The molecule has 4 aromatic carbocycles. The van der Waals surface area contributed by atoms with Crippen molar-refractivity contribution in [2.45, 2.75) is 145 Å². The number of aryl methyl sites for hydroxylation is 1. The van der Waals surface area contributed by atoms with Crippen molar-refractivity contribution >= 4 is 39.3 Å². The van der Waals surface area contributed by atoms with Gasteiger partial charge in [-0.15, -0.1) is 0 Å². The lowest BCUT2D eigenvalue weighted by atomic mass is 9.47. The second kappa shape index (κ2) is 22.5. The van der Waals surface area contributed by atoms with Crippen LogP contribution in [0.1, 0.15) is 130 Å². The molecule has 3 saturated carbocycles. The first-order valence-electron chi connectivity index (χ1n) is 30.3. The maximum Gasteiger partial charge on any atom is 0.318 e. The van der Waals surface area contributed by atoms with Gasteiger partial charge < -0.3 is 64.7 Å². The number of carbonyl (C=O) groups is 2. The number of Topliss-reactive ketones (excluding diaryl/α,β-unsaturated/α-hetero) is 1. The number of aromatic hydroxyl groups is 3.